The second kappa shape index (κ2) is 6.37. The number of hydrogen-bond donors (Lipinski definition) is 1. The molecule has 2 aromatic carbocycles. The molecule has 0 aliphatic carbocycles. The van der Waals surface area contributed by atoms with E-state index in [4.69, 9.17) is 0 Å². The number of nitrogens with one attached hydrogen (secondary N) is 1. The van der Waals surface area contributed by atoms with Crippen LogP contribution in [0.15, 0.2) is 59.2 Å². The van der Waals surface area contributed by atoms with Gasteiger partial charge in [-0.3, -0.25) is 4.98 Å². The maximum Gasteiger partial charge on any atom is 0.0746 e. The van der Waals surface area contributed by atoms with Gasteiger partial charge >= 0.3 is 0 Å². The molecular weight excluding hydrogens is 324 g/mol. The quantitative estimate of drug-likeness (QED) is 0.750. The van der Waals surface area contributed by atoms with Crippen molar-refractivity contribution >= 4 is 26.8 Å². The van der Waals surface area contributed by atoms with E-state index in [0.29, 0.717) is 0 Å². The van der Waals surface area contributed by atoms with Gasteiger partial charge in [-0.15, -0.1) is 0 Å². The van der Waals surface area contributed by atoms with Gasteiger partial charge in [-0.05, 0) is 35.7 Å². The Kier molecular flexibility index (Phi) is 4.32. The van der Waals surface area contributed by atoms with E-state index in [2.05, 4.69) is 75.6 Å². The predicted octanol–water partition coefficient (Wildman–Crippen LogP) is 4.60. The van der Waals surface area contributed by atoms with E-state index in [1.165, 1.54) is 22.1 Å². The second-order valence-corrected chi connectivity index (χ2v) is 6.05. The minimum absolute atomic E-state index is 0.814. The van der Waals surface area contributed by atoms with Crippen molar-refractivity contribution in [3.63, 3.8) is 0 Å². The Labute approximate surface area is 133 Å². The molecule has 0 saturated carbocycles. The highest BCUT2D eigenvalue weighted by molar-refractivity contribution is 9.10. The van der Waals surface area contributed by atoms with Crippen LogP contribution in [0.3, 0.4) is 0 Å². The van der Waals surface area contributed by atoms with Gasteiger partial charge in [0.1, 0.15) is 0 Å². The standard InChI is InChI=1S/C18H17BrN2/c1-13-7-8-15(17(19)10-13)11-20-12-16-5-2-4-14-6-3-9-21-18(14)16/h2-10,20H,11-12H2,1H3. The van der Waals surface area contributed by atoms with Crippen LogP contribution in [0.25, 0.3) is 10.9 Å². The summed E-state index contributed by atoms with van der Waals surface area (Å²) in [6, 6.07) is 16.8. The van der Waals surface area contributed by atoms with E-state index in [1.807, 2.05) is 12.3 Å². The molecule has 21 heavy (non-hydrogen) atoms. The fourth-order valence-corrected chi connectivity index (χ4v) is 3.07. The smallest absolute Gasteiger partial charge is 0.0746 e. The molecule has 3 aromatic rings. The first-order chi connectivity index (χ1) is 10.2. The third kappa shape index (κ3) is 3.31. The topological polar surface area (TPSA) is 24.9 Å². The van der Waals surface area contributed by atoms with Crippen molar-refractivity contribution in [2.45, 2.75) is 20.0 Å². The molecule has 2 nitrogen and oxygen atoms in total. The predicted molar refractivity (Wildman–Crippen MR) is 91.2 cm³/mol. The van der Waals surface area contributed by atoms with Crippen LogP contribution in [0.4, 0.5) is 0 Å². The van der Waals surface area contributed by atoms with E-state index in [9.17, 15) is 0 Å². The fourth-order valence-electron chi connectivity index (χ4n) is 2.44. The Morgan fingerprint density at radius 1 is 1.00 bits per heavy atom. The van der Waals surface area contributed by atoms with Crippen molar-refractivity contribution in [2.24, 2.45) is 0 Å². The number of para-hydroxylation sites is 1. The maximum absolute atomic E-state index is 4.49. The molecule has 0 saturated heterocycles. The molecule has 1 heterocycles. The highest BCUT2D eigenvalue weighted by atomic mass is 79.9. The first-order valence-electron chi connectivity index (χ1n) is 7.02. The summed E-state index contributed by atoms with van der Waals surface area (Å²) in [6.45, 7) is 3.75. The van der Waals surface area contributed by atoms with Crippen LogP contribution < -0.4 is 5.32 Å². The number of pyridine rings is 1. The molecule has 0 aliphatic rings. The minimum atomic E-state index is 0.814. The number of aromatic nitrogens is 1. The lowest BCUT2D eigenvalue weighted by atomic mass is 10.1. The highest BCUT2D eigenvalue weighted by Gasteiger charge is 2.03. The average Bonchev–Trinajstić information content (AvgIpc) is 2.50. The van der Waals surface area contributed by atoms with Crippen molar-refractivity contribution in [3.05, 3.63) is 75.9 Å². The van der Waals surface area contributed by atoms with Crippen molar-refractivity contribution in [1.82, 2.24) is 10.3 Å². The first kappa shape index (κ1) is 14.2. The van der Waals surface area contributed by atoms with Gasteiger partial charge in [0, 0.05) is 29.1 Å². The van der Waals surface area contributed by atoms with Gasteiger partial charge in [0.25, 0.3) is 0 Å². The Bertz CT molecular complexity index is 763. The lowest BCUT2D eigenvalue weighted by Crippen LogP contribution is -2.13. The van der Waals surface area contributed by atoms with Crippen LogP contribution >= 0.6 is 15.9 Å². The zero-order chi connectivity index (χ0) is 14.7. The van der Waals surface area contributed by atoms with E-state index in [0.717, 1.165) is 23.1 Å². The molecule has 0 amide bonds. The first-order valence-corrected chi connectivity index (χ1v) is 7.82. The summed E-state index contributed by atoms with van der Waals surface area (Å²) < 4.78 is 1.16. The Balaban J connectivity index is 1.72. The Hall–Kier alpha value is -1.71. The number of benzene rings is 2. The molecule has 1 aromatic heterocycles. The second-order valence-electron chi connectivity index (χ2n) is 5.19. The number of rotatable bonds is 4. The summed E-state index contributed by atoms with van der Waals surface area (Å²) >= 11 is 3.62. The zero-order valence-corrected chi connectivity index (χ0v) is 13.5. The molecule has 3 rings (SSSR count). The molecule has 106 valence electrons. The summed E-state index contributed by atoms with van der Waals surface area (Å²) in [7, 11) is 0. The van der Waals surface area contributed by atoms with E-state index >= 15 is 0 Å². The monoisotopic (exact) mass is 340 g/mol. The number of hydrogen-bond acceptors (Lipinski definition) is 2. The molecule has 0 bridgehead atoms. The summed E-state index contributed by atoms with van der Waals surface area (Å²) in [4.78, 5) is 4.49. The van der Waals surface area contributed by atoms with Crippen molar-refractivity contribution < 1.29 is 0 Å². The van der Waals surface area contributed by atoms with Gasteiger partial charge < -0.3 is 5.32 Å². The molecule has 0 radical (unpaired) electrons. The Morgan fingerprint density at radius 3 is 2.67 bits per heavy atom. The number of nitrogens with zero attached hydrogens (tertiary/aromatic N) is 1. The van der Waals surface area contributed by atoms with Gasteiger partial charge in [0.15, 0.2) is 0 Å². The van der Waals surface area contributed by atoms with Gasteiger partial charge in [-0.25, -0.2) is 0 Å². The normalized spacial score (nSPS) is 11.0. The zero-order valence-electron chi connectivity index (χ0n) is 11.9. The maximum atomic E-state index is 4.49. The molecule has 3 heteroatoms. The van der Waals surface area contributed by atoms with Crippen LogP contribution in [0.1, 0.15) is 16.7 Å². The third-order valence-corrected chi connectivity index (χ3v) is 4.29. The molecular formula is C18H17BrN2. The highest BCUT2D eigenvalue weighted by Crippen LogP contribution is 2.19. The van der Waals surface area contributed by atoms with Gasteiger partial charge in [-0.2, -0.15) is 0 Å². The lowest BCUT2D eigenvalue weighted by Gasteiger charge is -2.09. The van der Waals surface area contributed by atoms with E-state index < -0.39 is 0 Å². The van der Waals surface area contributed by atoms with Crippen LogP contribution in [0, 0.1) is 6.92 Å². The molecule has 1 N–H and O–H groups in total. The molecule has 0 unspecified atom stereocenters. The van der Waals surface area contributed by atoms with Crippen molar-refractivity contribution in [3.8, 4) is 0 Å². The SMILES string of the molecule is Cc1ccc(CNCc2cccc3cccnc23)c(Br)c1. The van der Waals surface area contributed by atoms with Crippen LogP contribution in [-0.4, -0.2) is 4.98 Å². The summed E-state index contributed by atoms with van der Waals surface area (Å²) in [5, 5.41) is 4.69. The van der Waals surface area contributed by atoms with Gasteiger partial charge in [0.05, 0.1) is 5.52 Å². The number of fused-ring (bicyclic) bond motifs is 1. The van der Waals surface area contributed by atoms with Gasteiger partial charge in [-0.1, -0.05) is 52.3 Å². The average molecular weight is 341 g/mol. The van der Waals surface area contributed by atoms with Crippen LogP contribution in [0.5, 0.6) is 0 Å². The largest absolute Gasteiger partial charge is 0.308 e. The Morgan fingerprint density at radius 2 is 1.81 bits per heavy atom. The van der Waals surface area contributed by atoms with Crippen molar-refractivity contribution in [1.29, 1.82) is 0 Å². The number of halogens is 1. The summed E-state index contributed by atoms with van der Waals surface area (Å²) in [5.74, 6) is 0. The minimum Gasteiger partial charge on any atom is -0.308 e. The summed E-state index contributed by atoms with van der Waals surface area (Å²) in [5.41, 5.74) is 4.85. The molecule has 0 atom stereocenters. The van der Waals surface area contributed by atoms with Crippen molar-refractivity contribution in [2.75, 3.05) is 0 Å². The summed E-state index contributed by atoms with van der Waals surface area (Å²) in [6.07, 6.45) is 1.85. The fraction of sp³-hybridized carbons (Fsp3) is 0.167. The molecule has 0 spiro atoms. The molecule has 0 aliphatic heterocycles. The lowest BCUT2D eigenvalue weighted by molar-refractivity contribution is 0.694. The third-order valence-electron chi connectivity index (χ3n) is 3.56. The van der Waals surface area contributed by atoms with E-state index in [1.54, 1.807) is 0 Å². The van der Waals surface area contributed by atoms with Gasteiger partial charge in [0.2, 0.25) is 0 Å². The molecule has 0 fully saturated rings. The number of aryl methyl sites for hydroxylation is 1. The van der Waals surface area contributed by atoms with Crippen LogP contribution in [-0.2, 0) is 13.1 Å². The van der Waals surface area contributed by atoms with E-state index in [-0.39, 0.29) is 0 Å². The van der Waals surface area contributed by atoms with Crippen LogP contribution in [0.2, 0.25) is 0 Å².